The molecule has 2 heterocycles. The van der Waals surface area contributed by atoms with E-state index in [9.17, 15) is 9.59 Å². The number of piperazine rings is 1. The van der Waals surface area contributed by atoms with Gasteiger partial charge >= 0.3 is 0 Å². The zero-order valence-electron chi connectivity index (χ0n) is 17.3. The SMILES string of the molecule is O=C(C1CC1C(=O)N1CCN(C/C=C/c2ccccc2)CC1)N1CCCCCC1. The molecule has 0 N–H and O–H groups in total. The van der Waals surface area contributed by atoms with Gasteiger partial charge in [0.1, 0.15) is 0 Å². The van der Waals surface area contributed by atoms with Crippen molar-refractivity contribution in [1.29, 1.82) is 0 Å². The van der Waals surface area contributed by atoms with Gasteiger partial charge in [0.2, 0.25) is 11.8 Å². The van der Waals surface area contributed by atoms with Crippen molar-refractivity contribution in [3.8, 4) is 0 Å². The van der Waals surface area contributed by atoms with Crippen molar-refractivity contribution in [2.24, 2.45) is 11.8 Å². The van der Waals surface area contributed by atoms with Crippen LogP contribution in [0.4, 0.5) is 0 Å². The molecule has 0 spiro atoms. The van der Waals surface area contributed by atoms with Crippen molar-refractivity contribution < 1.29 is 9.59 Å². The summed E-state index contributed by atoms with van der Waals surface area (Å²) in [4.78, 5) is 32.0. The minimum atomic E-state index is -0.0599. The smallest absolute Gasteiger partial charge is 0.226 e. The maximum absolute atomic E-state index is 12.9. The number of hydrogen-bond acceptors (Lipinski definition) is 3. The molecule has 1 saturated carbocycles. The van der Waals surface area contributed by atoms with Gasteiger partial charge in [0, 0.05) is 45.8 Å². The molecule has 2 aliphatic heterocycles. The number of nitrogens with zero attached hydrogens (tertiary/aromatic N) is 3. The lowest BCUT2D eigenvalue weighted by Crippen LogP contribution is -2.49. The van der Waals surface area contributed by atoms with E-state index < -0.39 is 0 Å². The summed E-state index contributed by atoms with van der Waals surface area (Å²) >= 11 is 0. The van der Waals surface area contributed by atoms with E-state index in [1.807, 2.05) is 28.0 Å². The van der Waals surface area contributed by atoms with Gasteiger partial charge in [-0.25, -0.2) is 0 Å². The Bertz CT molecular complexity index is 717. The summed E-state index contributed by atoms with van der Waals surface area (Å²) in [7, 11) is 0. The second-order valence-electron chi connectivity index (χ2n) is 8.63. The minimum Gasteiger partial charge on any atom is -0.342 e. The first-order valence-electron chi connectivity index (χ1n) is 11.2. The summed E-state index contributed by atoms with van der Waals surface area (Å²) in [6.07, 6.45) is 9.78. The maximum Gasteiger partial charge on any atom is 0.226 e. The molecule has 5 heteroatoms. The van der Waals surface area contributed by atoms with Crippen LogP contribution in [0.1, 0.15) is 37.7 Å². The molecule has 0 bridgehead atoms. The van der Waals surface area contributed by atoms with Crippen molar-refractivity contribution in [2.45, 2.75) is 32.1 Å². The normalized spacial score (nSPS) is 25.8. The largest absolute Gasteiger partial charge is 0.342 e. The Hall–Kier alpha value is -2.14. The van der Waals surface area contributed by atoms with Crippen LogP contribution < -0.4 is 0 Å². The van der Waals surface area contributed by atoms with Gasteiger partial charge in [-0.05, 0) is 24.8 Å². The van der Waals surface area contributed by atoms with Crippen LogP contribution in [0.2, 0.25) is 0 Å². The first kappa shape index (κ1) is 20.1. The quantitative estimate of drug-likeness (QED) is 0.770. The molecule has 0 radical (unpaired) electrons. The number of benzene rings is 1. The van der Waals surface area contributed by atoms with Crippen LogP contribution in [0.25, 0.3) is 6.08 Å². The number of rotatable bonds is 5. The standard InChI is InChI=1S/C24H33N3O2/c28-23(26-13-6-1-2-7-14-26)21-19-22(21)24(29)27-17-15-25(16-18-27)12-8-11-20-9-4-3-5-10-20/h3-5,8-11,21-22H,1-2,6-7,12-19H2/b11-8+. The third kappa shape index (κ3) is 5.27. The summed E-state index contributed by atoms with van der Waals surface area (Å²) in [6, 6.07) is 10.3. The summed E-state index contributed by atoms with van der Waals surface area (Å²) in [6.45, 7) is 6.04. The van der Waals surface area contributed by atoms with Crippen molar-refractivity contribution in [3.63, 3.8) is 0 Å². The lowest BCUT2D eigenvalue weighted by atomic mass is 10.2. The van der Waals surface area contributed by atoms with E-state index in [1.165, 1.54) is 18.4 Å². The maximum atomic E-state index is 12.9. The Labute approximate surface area is 174 Å². The van der Waals surface area contributed by atoms with Crippen LogP contribution >= 0.6 is 0 Å². The summed E-state index contributed by atoms with van der Waals surface area (Å²) in [5.74, 6) is 0.329. The van der Waals surface area contributed by atoms with Crippen molar-refractivity contribution in [2.75, 3.05) is 45.8 Å². The lowest BCUT2D eigenvalue weighted by Gasteiger charge is -2.34. The summed E-state index contributed by atoms with van der Waals surface area (Å²) in [5, 5.41) is 0. The van der Waals surface area contributed by atoms with E-state index in [0.717, 1.165) is 65.1 Å². The Morgan fingerprint density at radius 1 is 0.793 bits per heavy atom. The van der Waals surface area contributed by atoms with E-state index in [-0.39, 0.29) is 23.7 Å². The highest BCUT2D eigenvalue weighted by atomic mass is 16.2. The van der Waals surface area contributed by atoms with E-state index >= 15 is 0 Å². The molecule has 1 aromatic carbocycles. The van der Waals surface area contributed by atoms with E-state index in [1.54, 1.807) is 0 Å². The van der Waals surface area contributed by atoms with E-state index in [0.29, 0.717) is 0 Å². The molecular formula is C24H33N3O2. The molecule has 156 valence electrons. The van der Waals surface area contributed by atoms with Crippen molar-refractivity contribution in [3.05, 3.63) is 42.0 Å². The molecule has 4 rings (SSSR count). The molecule has 1 aromatic rings. The fourth-order valence-corrected chi connectivity index (χ4v) is 4.55. The van der Waals surface area contributed by atoms with Gasteiger partial charge < -0.3 is 9.80 Å². The number of carbonyl (C=O) groups is 2. The molecule has 29 heavy (non-hydrogen) atoms. The Kier molecular flexibility index (Phi) is 6.65. The number of hydrogen-bond donors (Lipinski definition) is 0. The minimum absolute atomic E-state index is 0.0487. The molecule has 1 aliphatic carbocycles. The predicted octanol–water partition coefficient (Wildman–Crippen LogP) is 2.88. The van der Waals surface area contributed by atoms with Crippen LogP contribution in [0.3, 0.4) is 0 Å². The molecule has 2 amide bonds. The topological polar surface area (TPSA) is 43.9 Å². The highest BCUT2D eigenvalue weighted by Crippen LogP contribution is 2.41. The van der Waals surface area contributed by atoms with Crippen LogP contribution in [0.5, 0.6) is 0 Å². The van der Waals surface area contributed by atoms with E-state index in [2.05, 4.69) is 29.2 Å². The molecule has 2 saturated heterocycles. The van der Waals surface area contributed by atoms with Crippen molar-refractivity contribution >= 4 is 17.9 Å². The number of likely N-dealkylation sites (tertiary alicyclic amines) is 1. The Morgan fingerprint density at radius 2 is 1.38 bits per heavy atom. The average Bonchev–Trinajstić information content (AvgIpc) is 3.58. The first-order valence-corrected chi connectivity index (χ1v) is 11.2. The van der Waals surface area contributed by atoms with Crippen LogP contribution in [-0.2, 0) is 9.59 Å². The second kappa shape index (κ2) is 9.57. The highest BCUT2D eigenvalue weighted by Gasteiger charge is 2.50. The van der Waals surface area contributed by atoms with Gasteiger partial charge in [0.15, 0.2) is 0 Å². The third-order valence-electron chi connectivity index (χ3n) is 6.50. The molecule has 0 aromatic heterocycles. The molecule has 5 nitrogen and oxygen atoms in total. The molecule has 3 aliphatic rings. The summed E-state index contributed by atoms with van der Waals surface area (Å²) < 4.78 is 0. The fourth-order valence-electron chi connectivity index (χ4n) is 4.55. The zero-order valence-corrected chi connectivity index (χ0v) is 17.3. The summed E-state index contributed by atoms with van der Waals surface area (Å²) in [5.41, 5.74) is 1.22. The van der Waals surface area contributed by atoms with Crippen molar-refractivity contribution in [1.82, 2.24) is 14.7 Å². The molecule has 2 unspecified atom stereocenters. The Morgan fingerprint density at radius 3 is 2.00 bits per heavy atom. The average molecular weight is 396 g/mol. The predicted molar refractivity (Wildman–Crippen MR) is 115 cm³/mol. The monoisotopic (exact) mass is 395 g/mol. The molecular weight excluding hydrogens is 362 g/mol. The lowest BCUT2D eigenvalue weighted by molar-refractivity contribution is -0.138. The van der Waals surface area contributed by atoms with Crippen LogP contribution in [-0.4, -0.2) is 72.3 Å². The van der Waals surface area contributed by atoms with E-state index in [4.69, 9.17) is 0 Å². The second-order valence-corrected chi connectivity index (χ2v) is 8.63. The number of amides is 2. The van der Waals surface area contributed by atoms with Gasteiger partial charge in [-0.1, -0.05) is 55.3 Å². The number of carbonyl (C=O) groups excluding carboxylic acids is 2. The molecule has 2 atom stereocenters. The highest BCUT2D eigenvalue weighted by molar-refractivity contribution is 5.92. The van der Waals surface area contributed by atoms with Gasteiger partial charge in [-0.3, -0.25) is 14.5 Å². The van der Waals surface area contributed by atoms with Crippen LogP contribution in [0.15, 0.2) is 36.4 Å². The zero-order chi connectivity index (χ0) is 20.1. The fraction of sp³-hybridized carbons (Fsp3) is 0.583. The first-order chi connectivity index (χ1) is 14.2. The van der Waals surface area contributed by atoms with Gasteiger partial charge in [-0.15, -0.1) is 0 Å². The Balaban J connectivity index is 1.19. The van der Waals surface area contributed by atoms with Gasteiger partial charge in [0.25, 0.3) is 0 Å². The molecule has 3 fully saturated rings. The van der Waals surface area contributed by atoms with Gasteiger partial charge in [-0.2, -0.15) is 0 Å². The van der Waals surface area contributed by atoms with Gasteiger partial charge in [0.05, 0.1) is 11.8 Å². The third-order valence-corrected chi connectivity index (χ3v) is 6.50. The van der Waals surface area contributed by atoms with Crippen LogP contribution in [0, 0.1) is 11.8 Å².